The predicted molar refractivity (Wildman–Crippen MR) is 170 cm³/mol. The fourth-order valence-corrected chi connectivity index (χ4v) is 9.77. The molecule has 0 aromatic heterocycles. The first-order valence-electron chi connectivity index (χ1n) is 15.6. The van der Waals surface area contributed by atoms with Crippen molar-refractivity contribution < 1.29 is 24.2 Å². The number of hydrogen-bond acceptors (Lipinski definition) is 7. The van der Waals surface area contributed by atoms with Gasteiger partial charge in [-0.15, -0.1) is 24.9 Å². The number of para-hydroxylation sites is 1. The van der Waals surface area contributed by atoms with Gasteiger partial charge in [0.25, 0.3) is 0 Å². The first-order valence-corrected chi connectivity index (χ1v) is 16.4. The Morgan fingerprint density at radius 2 is 1.84 bits per heavy atom. The highest BCUT2D eigenvalue weighted by atomic mass is 32.2. The number of rotatable bonds is 13. The highest BCUT2D eigenvalue weighted by Crippen LogP contribution is 2.67. The molecule has 5 rings (SSSR count). The second-order valence-corrected chi connectivity index (χ2v) is 14.0. The van der Waals surface area contributed by atoms with Crippen molar-refractivity contribution >= 4 is 35.2 Å². The summed E-state index contributed by atoms with van der Waals surface area (Å²) in [6.45, 7) is 16.4. The number of morpholine rings is 1. The molecule has 9 nitrogen and oxygen atoms in total. The molecule has 0 aliphatic carbocycles. The standard InChI is InChI=1S/C33H46N4O5S/c1-5-14-35(17-16-34-18-20-42-21-19-34)32(41)29-33-13-12-26(43-33)27(28(33)31(40)37(29)25(22-38)23(3)4)30(39)36(15-6-2)24-10-8-7-9-11-24/h5-11,23,25-29,38H,1-2,12-22H2,3-4H3/t25-,26+,27-,28-,29?,33?/m0/s1. The monoisotopic (exact) mass is 610 g/mol. The van der Waals surface area contributed by atoms with Gasteiger partial charge in [0.15, 0.2) is 0 Å². The van der Waals surface area contributed by atoms with Crippen molar-refractivity contribution in [2.75, 3.05) is 64.0 Å². The van der Waals surface area contributed by atoms with Crippen molar-refractivity contribution in [2.24, 2.45) is 17.8 Å². The van der Waals surface area contributed by atoms with Gasteiger partial charge < -0.3 is 24.5 Å². The van der Waals surface area contributed by atoms with Gasteiger partial charge in [0.05, 0.1) is 42.4 Å². The molecule has 4 aliphatic rings. The fraction of sp³-hybridized carbons (Fsp3) is 0.606. The van der Waals surface area contributed by atoms with Crippen LogP contribution in [-0.2, 0) is 19.1 Å². The molecule has 6 atom stereocenters. The van der Waals surface area contributed by atoms with Crippen LogP contribution in [0.15, 0.2) is 55.6 Å². The normalized spacial score (nSPS) is 29.0. The van der Waals surface area contributed by atoms with Crippen LogP contribution in [0, 0.1) is 17.8 Å². The fourth-order valence-electron chi connectivity index (χ4n) is 7.58. The van der Waals surface area contributed by atoms with E-state index in [4.69, 9.17) is 4.74 Å². The van der Waals surface area contributed by atoms with Crippen LogP contribution in [0.5, 0.6) is 0 Å². The van der Waals surface area contributed by atoms with Crippen LogP contribution in [0.1, 0.15) is 26.7 Å². The van der Waals surface area contributed by atoms with E-state index in [0.29, 0.717) is 45.8 Å². The molecule has 4 aliphatic heterocycles. The maximum Gasteiger partial charge on any atom is 0.247 e. The van der Waals surface area contributed by atoms with Crippen LogP contribution >= 0.6 is 11.8 Å². The number of hydrogen-bond donors (Lipinski definition) is 1. The Morgan fingerprint density at radius 1 is 1.14 bits per heavy atom. The predicted octanol–water partition coefficient (Wildman–Crippen LogP) is 2.66. The lowest BCUT2D eigenvalue weighted by Gasteiger charge is -2.41. The summed E-state index contributed by atoms with van der Waals surface area (Å²) in [6, 6.07) is 8.21. The minimum absolute atomic E-state index is 0.0530. The molecular formula is C33H46N4O5S. The molecule has 1 N–H and O–H groups in total. The average Bonchev–Trinajstić information content (AvgIpc) is 3.66. The van der Waals surface area contributed by atoms with E-state index in [-0.39, 0.29) is 35.5 Å². The van der Waals surface area contributed by atoms with E-state index in [1.54, 1.807) is 33.7 Å². The quantitative estimate of drug-likeness (QED) is 0.344. The Bertz CT molecular complexity index is 1190. The molecular weight excluding hydrogens is 564 g/mol. The van der Waals surface area contributed by atoms with Gasteiger partial charge in [-0.05, 0) is 30.9 Å². The summed E-state index contributed by atoms with van der Waals surface area (Å²) in [6.07, 6.45) is 4.89. The molecule has 0 saturated carbocycles. The maximum atomic E-state index is 14.7. The molecule has 0 radical (unpaired) electrons. The molecule has 2 unspecified atom stereocenters. The van der Waals surface area contributed by atoms with Crippen molar-refractivity contribution in [1.29, 1.82) is 0 Å². The number of carbonyl (C=O) groups is 3. The molecule has 1 aromatic rings. The number of nitrogens with zero attached hydrogens (tertiary/aromatic N) is 4. The van der Waals surface area contributed by atoms with Crippen molar-refractivity contribution in [3.63, 3.8) is 0 Å². The number of benzene rings is 1. The van der Waals surface area contributed by atoms with E-state index in [2.05, 4.69) is 18.1 Å². The van der Waals surface area contributed by atoms with Gasteiger partial charge in [-0.3, -0.25) is 19.3 Å². The SMILES string of the molecule is C=CCN(CCN1CCOCC1)C(=O)C1N([C@@H](CO)C(C)C)C(=O)[C@@H]2[C@@H](C(=O)N(CC=C)c3ccccc3)[C@H]3CCC12S3. The number of aliphatic hydroxyl groups excluding tert-OH is 1. The summed E-state index contributed by atoms with van der Waals surface area (Å²) >= 11 is 1.66. The number of ether oxygens (including phenoxy) is 1. The van der Waals surface area contributed by atoms with E-state index in [1.807, 2.05) is 49.1 Å². The summed E-state index contributed by atoms with van der Waals surface area (Å²) in [5, 5.41) is 10.5. The Morgan fingerprint density at radius 3 is 2.47 bits per heavy atom. The Labute approximate surface area is 259 Å². The van der Waals surface area contributed by atoms with Gasteiger partial charge in [-0.25, -0.2) is 0 Å². The lowest BCUT2D eigenvalue weighted by atomic mass is 9.70. The number of likely N-dealkylation sites (tertiary alicyclic amines) is 1. The topological polar surface area (TPSA) is 93.6 Å². The Balaban J connectivity index is 1.51. The zero-order chi connectivity index (χ0) is 30.7. The van der Waals surface area contributed by atoms with Crippen LogP contribution in [0.3, 0.4) is 0 Å². The summed E-state index contributed by atoms with van der Waals surface area (Å²) < 4.78 is 4.77. The van der Waals surface area contributed by atoms with Gasteiger partial charge in [-0.1, -0.05) is 44.2 Å². The van der Waals surface area contributed by atoms with Crippen LogP contribution < -0.4 is 4.90 Å². The number of anilines is 1. The molecule has 4 fully saturated rings. The number of aliphatic hydroxyl groups is 1. The van der Waals surface area contributed by atoms with Gasteiger partial charge in [-0.2, -0.15) is 0 Å². The van der Waals surface area contributed by atoms with Gasteiger partial charge in [0, 0.05) is 50.2 Å². The van der Waals surface area contributed by atoms with Gasteiger partial charge >= 0.3 is 0 Å². The number of fused-ring (bicyclic) bond motifs is 1. The van der Waals surface area contributed by atoms with Crippen LogP contribution in [0.25, 0.3) is 0 Å². The molecule has 4 heterocycles. The Kier molecular flexibility index (Phi) is 10.0. The molecule has 3 amide bonds. The number of carbonyl (C=O) groups excluding carboxylic acids is 3. The van der Waals surface area contributed by atoms with Crippen LogP contribution in [0.4, 0.5) is 5.69 Å². The Hall–Kier alpha value is -2.66. The highest BCUT2D eigenvalue weighted by Gasteiger charge is 2.74. The van der Waals surface area contributed by atoms with E-state index in [9.17, 15) is 19.5 Å². The largest absolute Gasteiger partial charge is 0.394 e. The van der Waals surface area contributed by atoms with Crippen LogP contribution in [-0.4, -0.2) is 119 Å². The third kappa shape index (κ3) is 5.79. The van der Waals surface area contributed by atoms with E-state index in [1.165, 1.54) is 0 Å². The smallest absolute Gasteiger partial charge is 0.247 e. The van der Waals surface area contributed by atoms with E-state index >= 15 is 0 Å². The minimum Gasteiger partial charge on any atom is -0.394 e. The highest BCUT2D eigenvalue weighted by molar-refractivity contribution is 8.02. The summed E-state index contributed by atoms with van der Waals surface area (Å²) in [4.78, 5) is 51.2. The average molecular weight is 611 g/mol. The summed E-state index contributed by atoms with van der Waals surface area (Å²) in [5.41, 5.74) is 0.764. The zero-order valence-electron chi connectivity index (χ0n) is 25.5. The van der Waals surface area contributed by atoms with Crippen molar-refractivity contribution in [3.8, 4) is 0 Å². The lowest BCUT2D eigenvalue weighted by Crippen LogP contribution is -2.59. The van der Waals surface area contributed by atoms with Crippen LogP contribution in [0.2, 0.25) is 0 Å². The summed E-state index contributed by atoms with van der Waals surface area (Å²) in [5.74, 6) is -1.66. The molecule has 1 aromatic carbocycles. The molecule has 4 saturated heterocycles. The van der Waals surface area contributed by atoms with E-state index in [0.717, 1.165) is 25.2 Å². The molecule has 2 bridgehead atoms. The first-order chi connectivity index (χ1) is 20.8. The van der Waals surface area contributed by atoms with Crippen molar-refractivity contribution in [2.45, 2.75) is 48.8 Å². The van der Waals surface area contributed by atoms with Crippen molar-refractivity contribution in [1.82, 2.24) is 14.7 Å². The van der Waals surface area contributed by atoms with Gasteiger partial charge in [0.2, 0.25) is 17.7 Å². The maximum absolute atomic E-state index is 14.7. The summed E-state index contributed by atoms with van der Waals surface area (Å²) in [7, 11) is 0. The third-order valence-electron chi connectivity index (χ3n) is 9.67. The second-order valence-electron chi connectivity index (χ2n) is 12.4. The molecule has 43 heavy (non-hydrogen) atoms. The van der Waals surface area contributed by atoms with E-state index < -0.39 is 28.7 Å². The number of amides is 3. The zero-order valence-corrected chi connectivity index (χ0v) is 26.3. The first kappa shape index (κ1) is 31.8. The number of thioether (sulfide) groups is 1. The minimum atomic E-state index is -0.758. The second kappa shape index (κ2) is 13.5. The van der Waals surface area contributed by atoms with Gasteiger partial charge in [0.1, 0.15) is 6.04 Å². The molecule has 10 heteroatoms. The molecule has 1 spiro atoms. The lowest BCUT2D eigenvalue weighted by molar-refractivity contribution is -0.146. The third-order valence-corrected chi connectivity index (χ3v) is 11.6. The molecule has 234 valence electrons. The van der Waals surface area contributed by atoms with Crippen molar-refractivity contribution in [3.05, 3.63) is 55.6 Å².